The van der Waals surface area contributed by atoms with Gasteiger partial charge in [-0.05, 0) is 48.9 Å². The number of halogens is 4. The van der Waals surface area contributed by atoms with Crippen LogP contribution in [0.1, 0.15) is 26.4 Å². The molecular formula is C22H17ClF3N3O5. The highest BCUT2D eigenvalue weighted by atomic mass is 35.5. The van der Waals surface area contributed by atoms with Gasteiger partial charge in [-0.2, -0.15) is 0 Å². The van der Waals surface area contributed by atoms with Gasteiger partial charge >= 0.3 is 6.36 Å². The largest absolute Gasteiger partial charge is 0.573 e. The lowest BCUT2D eigenvalue weighted by molar-refractivity contribution is -0.274. The van der Waals surface area contributed by atoms with Gasteiger partial charge in [0.2, 0.25) is 0 Å². The van der Waals surface area contributed by atoms with Crippen LogP contribution in [0, 0.1) is 6.92 Å². The Morgan fingerprint density at radius 2 is 1.76 bits per heavy atom. The van der Waals surface area contributed by atoms with Crippen molar-refractivity contribution < 1.29 is 37.0 Å². The number of pyridine rings is 1. The molecule has 3 rings (SSSR count). The summed E-state index contributed by atoms with van der Waals surface area (Å²) in [6, 6.07) is 8.90. The predicted molar refractivity (Wildman–Crippen MR) is 117 cm³/mol. The van der Waals surface area contributed by atoms with Gasteiger partial charge < -0.3 is 25.3 Å². The van der Waals surface area contributed by atoms with Crippen molar-refractivity contribution in [3.05, 3.63) is 70.5 Å². The number of rotatable bonds is 7. The average Bonchev–Trinajstić information content (AvgIpc) is 2.76. The lowest BCUT2D eigenvalue weighted by Crippen LogP contribution is -2.17. The summed E-state index contributed by atoms with van der Waals surface area (Å²) in [5.41, 5.74) is 5.82. The number of anilines is 1. The normalized spacial score (nSPS) is 11.0. The van der Waals surface area contributed by atoms with Gasteiger partial charge in [-0.25, -0.2) is 0 Å². The van der Waals surface area contributed by atoms with Gasteiger partial charge in [0.25, 0.3) is 11.8 Å². The van der Waals surface area contributed by atoms with Crippen molar-refractivity contribution in [2.45, 2.75) is 13.3 Å². The molecule has 0 aliphatic heterocycles. The summed E-state index contributed by atoms with van der Waals surface area (Å²) in [4.78, 5) is 28.2. The van der Waals surface area contributed by atoms with E-state index in [0.717, 1.165) is 12.1 Å². The van der Waals surface area contributed by atoms with Crippen LogP contribution in [0.2, 0.25) is 5.02 Å². The Bertz CT molecular complexity index is 1250. The van der Waals surface area contributed by atoms with Crippen LogP contribution in [0.5, 0.6) is 23.0 Å². The molecule has 0 atom stereocenters. The van der Waals surface area contributed by atoms with Crippen molar-refractivity contribution in [2.24, 2.45) is 5.73 Å². The third-order valence-electron chi connectivity index (χ3n) is 4.45. The summed E-state index contributed by atoms with van der Waals surface area (Å²) in [7, 11) is 1.24. The SMILES string of the molecule is COc1cc(OC(F)(F)F)ccc1Oc1ccc(Cl)c(C)c1C(=O)Nc1ccnc(C(N)=O)c1. The molecule has 12 heteroatoms. The maximum absolute atomic E-state index is 13.1. The molecule has 178 valence electrons. The van der Waals surface area contributed by atoms with Crippen molar-refractivity contribution in [1.29, 1.82) is 0 Å². The first-order valence-electron chi connectivity index (χ1n) is 9.46. The minimum atomic E-state index is -4.88. The number of nitrogens with one attached hydrogen (secondary N) is 1. The van der Waals surface area contributed by atoms with Crippen molar-refractivity contribution in [1.82, 2.24) is 4.98 Å². The van der Waals surface area contributed by atoms with Gasteiger partial charge in [0.1, 0.15) is 17.2 Å². The van der Waals surface area contributed by atoms with Gasteiger partial charge in [0.15, 0.2) is 11.5 Å². The topological polar surface area (TPSA) is 113 Å². The number of primary amides is 1. The molecule has 0 aliphatic rings. The minimum absolute atomic E-state index is 0.0210. The third kappa shape index (κ3) is 5.87. The summed E-state index contributed by atoms with van der Waals surface area (Å²) >= 11 is 6.19. The zero-order valence-electron chi connectivity index (χ0n) is 17.7. The summed E-state index contributed by atoms with van der Waals surface area (Å²) in [5, 5.41) is 2.88. The number of hydrogen-bond acceptors (Lipinski definition) is 6. The smallest absolute Gasteiger partial charge is 0.493 e. The number of amides is 2. The Labute approximate surface area is 196 Å². The molecule has 0 spiro atoms. The fourth-order valence-electron chi connectivity index (χ4n) is 2.91. The van der Waals surface area contributed by atoms with Gasteiger partial charge in [0.05, 0.1) is 12.7 Å². The lowest BCUT2D eigenvalue weighted by atomic mass is 10.1. The number of nitrogens with two attached hydrogens (primary N) is 1. The number of nitrogens with zero attached hydrogens (tertiary/aromatic N) is 1. The molecule has 8 nitrogen and oxygen atoms in total. The van der Waals surface area contributed by atoms with E-state index in [-0.39, 0.29) is 39.2 Å². The molecule has 3 aromatic rings. The fraction of sp³-hybridized carbons (Fsp3) is 0.136. The number of benzene rings is 2. The van der Waals surface area contributed by atoms with E-state index in [1.165, 1.54) is 43.6 Å². The van der Waals surface area contributed by atoms with Crippen LogP contribution in [0.4, 0.5) is 18.9 Å². The first kappa shape index (κ1) is 24.6. The molecule has 0 fully saturated rings. The van der Waals surface area contributed by atoms with E-state index in [2.05, 4.69) is 15.0 Å². The van der Waals surface area contributed by atoms with Crippen molar-refractivity contribution >= 4 is 29.1 Å². The number of carbonyl (C=O) groups excluding carboxylic acids is 2. The Morgan fingerprint density at radius 1 is 1.06 bits per heavy atom. The van der Waals surface area contributed by atoms with Crippen LogP contribution in [-0.4, -0.2) is 30.3 Å². The van der Waals surface area contributed by atoms with E-state index in [1.54, 1.807) is 6.92 Å². The minimum Gasteiger partial charge on any atom is -0.493 e. The van der Waals surface area contributed by atoms with Gasteiger partial charge in [-0.3, -0.25) is 14.6 Å². The van der Waals surface area contributed by atoms with Crippen molar-refractivity contribution in [2.75, 3.05) is 12.4 Å². The highest BCUT2D eigenvalue weighted by Crippen LogP contribution is 2.39. The fourth-order valence-corrected chi connectivity index (χ4v) is 3.07. The molecule has 34 heavy (non-hydrogen) atoms. The molecule has 0 bridgehead atoms. The standard InChI is InChI=1S/C22H17ClF3N3O5/c1-11-14(23)4-6-17(19(11)21(31)29-12-7-8-28-15(9-12)20(27)30)33-16-5-3-13(10-18(16)32-2)34-22(24,25)26/h3-10H,1-2H3,(H2,27,30)(H,28,29,31). The molecule has 0 aliphatic carbocycles. The molecule has 0 radical (unpaired) electrons. The number of aromatic nitrogens is 1. The molecule has 2 aromatic carbocycles. The molecule has 0 saturated heterocycles. The van der Waals surface area contributed by atoms with E-state index in [4.69, 9.17) is 26.8 Å². The molecule has 3 N–H and O–H groups in total. The highest BCUT2D eigenvalue weighted by molar-refractivity contribution is 6.32. The van der Waals surface area contributed by atoms with Gasteiger partial charge in [-0.1, -0.05) is 11.6 Å². The highest BCUT2D eigenvalue weighted by Gasteiger charge is 2.31. The first-order chi connectivity index (χ1) is 16.0. The second kappa shape index (κ2) is 9.87. The molecule has 2 amide bonds. The average molecular weight is 496 g/mol. The van der Waals surface area contributed by atoms with Gasteiger partial charge in [-0.15, -0.1) is 13.2 Å². The van der Waals surface area contributed by atoms with Crippen molar-refractivity contribution in [3.63, 3.8) is 0 Å². The summed E-state index contributed by atoms with van der Waals surface area (Å²) < 4.78 is 52.3. The van der Waals surface area contributed by atoms with E-state index in [1.807, 2.05) is 0 Å². The zero-order chi connectivity index (χ0) is 25.0. The van der Waals surface area contributed by atoms with Crippen LogP contribution in [0.25, 0.3) is 0 Å². The lowest BCUT2D eigenvalue weighted by Gasteiger charge is -2.17. The Kier molecular flexibility index (Phi) is 7.16. The molecule has 0 saturated carbocycles. The van der Waals surface area contributed by atoms with E-state index < -0.39 is 23.9 Å². The summed E-state index contributed by atoms with van der Waals surface area (Å²) in [6.07, 6.45) is -3.58. The van der Waals surface area contributed by atoms with Crippen LogP contribution < -0.4 is 25.3 Å². The summed E-state index contributed by atoms with van der Waals surface area (Å²) in [6.45, 7) is 1.59. The van der Waals surface area contributed by atoms with Crippen LogP contribution in [0.3, 0.4) is 0 Å². The number of alkyl halides is 3. The maximum atomic E-state index is 13.1. The van der Waals surface area contributed by atoms with Gasteiger partial charge in [0, 0.05) is 23.0 Å². The number of methoxy groups -OCH3 is 1. The second-order valence-corrected chi connectivity index (χ2v) is 7.16. The molecule has 1 heterocycles. The molecule has 0 unspecified atom stereocenters. The molecular weight excluding hydrogens is 479 g/mol. The summed E-state index contributed by atoms with van der Waals surface area (Å²) in [5.74, 6) is -1.92. The van der Waals surface area contributed by atoms with E-state index in [9.17, 15) is 22.8 Å². The van der Waals surface area contributed by atoms with E-state index in [0.29, 0.717) is 5.56 Å². The number of ether oxygens (including phenoxy) is 3. The zero-order valence-corrected chi connectivity index (χ0v) is 18.5. The number of hydrogen-bond donors (Lipinski definition) is 2. The first-order valence-corrected chi connectivity index (χ1v) is 9.84. The Balaban J connectivity index is 1.95. The van der Waals surface area contributed by atoms with Crippen molar-refractivity contribution in [3.8, 4) is 23.0 Å². The maximum Gasteiger partial charge on any atom is 0.573 e. The quantitative estimate of drug-likeness (QED) is 0.472. The van der Waals surface area contributed by atoms with E-state index >= 15 is 0 Å². The van der Waals surface area contributed by atoms with Crippen LogP contribution in [0.15, 0.2) is 48.7 Å². The monoisotopic (exact) mass is 495 g/mol. The van der Waals surface area contributed by atoms with Crippen LogP contribution >= 0.6 is 11.6 Å². The second-order valence-electron chi connectivity index (χ2n) is 6.76. The van der Waals surface area contributed by atoms with Crippen LogP contribution in [-0.2, 0) is 0 Å². The Morgan fingerprint density at radius 3 is 2.41 bits per heavy atom. The third-order valence-corrected chi connectivity index (χ3v) is 4.86. The Hall–Kier alpha value is -3.99. The number of carbonyl (C=O) groups is 2. The molecule has 1 aromatic heterocycles. The predicted octanol–water partition coefficient (Wildman–Crippen LogP) is 5.09.